The van der Waals surface area contributed by atoms with Gasteiger partial charge in [0.05, 0.1) is 20.8 Å². The maximum Gasteiger partial charge on any atom is 0.234 e. The lowest BCUT2D eigenvalue weighted by Crippen LogP contribution is -2.39. The van der Waals surface area contributed by atoms with Crippen LogP contribution >= 0.6 is 11.3 Å². The number of hydrogen-bond acceptors (Lipinski definition) is 7. The molecular formula is C19H26N4O3S. The molecule has 3 rings (SSSR count). The SMILES string of the molecule is COc1ccc(CNC(=O)CN2CCCN(c3nccs3)CC2)cc1OC. The normalized spacial score (nSPS) is 15.3. The van der Waals surface area contributed by atoms with E-state index in [1.54, 1.807) is 25.6 Å². The van der Waals surface area contributed by atoms with E-state index in [1.807, 2.05) is 29.8 Å². The summed E-state index contributed by atoms with van der Waals surface area (Å²) in [6.45, 7) is 4.56. The molecule has 0 radical (unpaired) electrons. The second kappa shape index (κ2) is 9.57. The van der Waals surface area contributed by atoms with Crippen LogP contribution in [0.5, 0.6) is 11.5 Å². The minimum absolute atomic E-state index is 0.0347. The van der Waals surface area contributed by atoms with Gasteiger partial charge in [0, 0.05) is 44.3 Å². The van der Waals surface area contributed by atoms with Gasteiger partial charge in [0.25, 0.3) is 0 Å². The van der Waals surface area contributed by atoms with E-state index in [1.165, 1.54) is 0 Å². The van der Waals surface area contributed by atoms with Crippen molar-refractivity contribution in [1.82, 2.24) is 15.2 Å². The number of aromatic nitrogens is 1. The molecule has 0 spiro atoms. The lowest BCUT2D eigenvalue weighted by atomic mass is 10.2. The maximum atomic E-state index is 12.4. The van der Waals surface area contributed by atoms with Gasteiger partial charge in [0.15, 0.2) is 16.6 Å². The molecule has 27 heavy (non-hydrogen) atoms. The number of anilines is 1. The van der Waals surface area contributed by atoms with Gasteiger partial charge in [-0.15, -0.1) is 11.3 Å². The Morgan fingerprint density at radius 2 is 2.04 bits per heavy atom. The van der Waals surface area contributed by atoms with E-state index in [-0.39, 0.29) is 5.91 Å². The van der Waals surface area contributed by atoms with Gasteiger partial charge in [-0.2, -0.15) is 0 Å². The molecule has 0 saturated carbocycles. The van der Waals surface area contributed by atoms with Gasteiger partial charge >= 0.3 is 0 Å². The highest BCUT2D eigenvalue weighted by Crippen LogP contribution is 2.27. The lowest BCUT2D eigenvalue weighted by Gasteiger charge is -2.21. The first-order valence-corrected chi connectivity index (χ1v) is 9.92. The number of nitrogens with zero attached hydrogens (tertiary/aromatic N) is 3. The summed E-state index contributed by atoms with van der Waals surface area (Å²) in [5, 5.41) is 6.06. The quantitative estimate of drug-likeness (QED) is 0.780. The Hall–Kier alpha value is -2.32. The minimum Gasteiger partial charge on any atom is -0.493 e. The predicted molar refractivity (Wildman–Crippen MR) is 107 cm³/mol. The van der Waals surface area contributed by atoms with Crippen LogP contribution in [0.2, 0.25) is 0 Å². The van der Waals surface area contributed by atoms with Crippen molar-refractivity contribution in [1.29, 1.82) is 0 Å². The lowest BCUT2D eigenvalue weighted by molar-refractivity contribution is -0.122. The number of hydrogen-bond donors (Lipinski definition) is 1. The monoisotopic (exact) mass is 390 g/mol. The molecule has 8 heteroatoms. The molecule has 1 fully saturated rings. The molecule has 1 N–H and O–H groups in total. The van der Waals surface area contributed by atoms with Crippen molar-refractivity contribution in [2.75, 3.05) is 51.8 Å². The molecule has 0 bridgehead atoms. The fourth-order valence-corrected chi connectivity index (χ4v) is 3.84. The zero-order valence-electron chi connectivity index (χ0n) is 15.8. The van der Waals surface area contributed by atoms with Crippen molar-refractivity contribution < 1.29 is 14.3 Å². The van der Waals surface area contributed by atoms with Gasteiger partial charge in [0.1, 0.15) is 0 Å². The van der Waals surface area contributed by atoms with Crippen molar-refractivity contribution in [3.05, 3.63) is 35.3 Å². The largest absolute Gasteiger partial charge is 0.493 e. The standard InChI is InChI=1S/C19H26N4O3S/c1-25-16-5-4-15(12-17(16)26-2)13-21-18(24)14-22-7-3-8-23(10-9-22)19-20-6-11-27-19/h4-6,11-12H,3,7-10,13-14H2,1-2H3,(H,21,24). The van der Waals surface area contributed by atoms with Crippen LogP contribution in [0.4, 0.5) is 5.13 Å². The van der Waals surface area contributed by atoms with Crippen molar-refractivity contribution in [2.24, 2.45) is 0 Å². The van der Waals surface area contributed by atoms with Crippen LogP contribution in [-0.2, 0) is 11.3 Å². The molecule has 1 amide bonds. The Balaban J connectivity index is 1.46. The molecule has 0 atom stereocenters. The number of benzene rings is 1. The van der Waals surface area contributed by atoms with Crippen LogP contribution in [0.3, 0.4) is 0 Å². The van der Waals surface area contributed by atoms with E-state index in [2.05, 4.69) is 20.1 Å². The molecule has 2 aromatic rings. The summed E-state index contributed by atoms with van der Waals surface area (Å²) in [5.41, 5.74) is 0.979. The van der Waals surface area contributed by atoms with Gasteiger partial charge in [-0.3, -0.25) is 9.69 Å². The van der Waals surface area contributed by atoms with Crippen LogP contribution in [0, 0.1) is 0 Å². The van der Waals surface area contributed by atoms with E-state index < -0.39 is 0 Å². The fourth-order valence-electron chi connectivity index (χ4n) is 3.14. The first kappa shape index (κ1) is 19.4. The van der Waals surface area contributed by atoms with E-state index in [0.29, 0.717) is 24.6 Å². The van der Waals surface area contributed by atoms with Crippen molar-refractivity contribution >= 4 is 22.4 Å². The number of amides is 1. The second-order valence-electron chi connectivity index (χ2n) is 6.40. The van der Waals surface area contributed by atoms with Crippen molar-refractivity contribution in [3.63, 3.8) is 0 Å². The summed E-state index contributed by atoms with van der Waals surface area (Å²) >= 11 is 1.66. The maximum absolute atomic E-state index is 12.4. The summed E-state index contributed by atoms with van der Waals surface area (Å²) in [5.74, 6) is 1.38. The van der Waals surface area contributed by atoms with Gasteiger partial charge in [-0.05, 0) is 24.1 Å². The third kappa shape index (κ3) is 5.33. The summed E-state index contributed by atoms with van der Waals surface area (Å²) in [4.78, 5) is 21.2. The zero-order valence-corrected chi connectivity index (χ0v) is 16.6. The number of carbonyl (C=O) groups excluding carboxylic acids is 1. The average molecular weight is 391 g/mol. The van der Waals surface area contributed by atoms with Crippen molar-refractivity contribution in [2.45, 2.75) is 13.0 Å². The molecule has 7 nitrogen and oxygen atoms in total. The van der Waals surface area contributed by atoms with E-state index in [4.69, 9.17) is 9.47 Å². The summed E-state index contributed by atoms with van der Waals surface area (Å²) in [7, 11) is 3.21. The molecule has 1 aliphatic rings. The Labute approximate surface area is 163 Å². The number of carbonyl (C=O) groups is 1. The average Bonchev–Trinajstić information content (AvgIpc) is 3.13. The third-order valence-electron chi connectivity index (χ3n) is 4.58. The van der Waals surface area contributed by atoms with Crippen LogP contribution in [0.15, 0.2) is 29.8 Å². The Bertz CT molecular complexity index is 739. The van der Waals surface area contributed by atoms with E-state index >= 15 is 0 Å². The van der Waals surface area contributed by atoms with E-state index in [0.717, 1.165) is 43.3 Å². The Morgan fingerprint density at radius 3 is 2.78 bits per heavy atom. The number of methoxy groups -OCH3 is 2. The molecule has 0 unspecified atom stereocenters. The van der Waals surface area contributed by atoms with Gasteiger partial charge in [0.2, 0.25) is 5.91 Å². The highest BCUT2D eigenvalue weighted by atomic mass is 32.1. The Kier molecular flexibility index (Phi) is 6.89. The topological polar surface area (TPSA) is 66.9 Å². The van der Waals surface area contributed by atoms with Crippen molar-refractivity contribution in [3.8, 4) is 11.5 Å². The zero-order chi connectivity index (χ0) is 19.1. The molecule has 0 aliphatic carbocycles. The molecular weight excluding hydrogens is 364 g/mol. The first-order chi connectivity index (χ1) is 13.2. The molecule has 146 valence electrons. The highest BCUT2D eigenvalue weighted by molar-refractivity contribution is 7.13. The predicted octanol–water partition coefficient (Wildman–Crippen LogP) is 1.99. The summed E-state index contributed by atoms with van der Waals surface area (Å²) in [6, 6.07) is 5.67. The highest BCUT2D eigenvalue weighted by Gasteiger charge is 2.18. The minimum atomic E-state index is 0.0347. The molecule has 2 heterocycles. The van der Waals surface area contributed by atoms with Gasteiger partial charge in [-0.25, -0.2) is 4.98 Å². The number of thiazole rings is 1. The second-order valence-corrected chi connectivity index (χ2v) is 7.27. The molecule has 1 aromatic carbocycles. The van der Waals surface area contributed by atoms with Crippen LogP contribution in [0.1, 0.15) is 12.0 Å². The first-order valence-electron chi connectivity index (χ1n) is 9.04. The number of rotatable bonds is 7. The number of nitrogens with one attached hydrogen (secondary N) is 1. The smallest absolute Gasteiger partial charge is 0.234 e. The number of ether oxygens (including phenoxy) is 2. The molecule has 1 aromatic heterocycles. The fraction of sp³-hybridized carbons (Fsp3) is 0.474. The molecule has 1 saturated heterocycles. The van der Waals surface area contributed by atoms with Crippen LogP contribution in [-0.4, -0.2) is 62.7 Å². The van der Waals surface area contributed by atoms with Gasteiger partial charge in [-0.1, -0.05) is 6.07 Å². The third-order valence-corrected chi connectivity index (χ3v) is 5.42. The Morgan fingerprint density at radius 1 is 1.19 bits per heavy atom. The van der Waals surface area contributed by atoms with Crippen LogP contribution < -0.4 is 19.7 Å². The molecule has 1 aliphatic heterocycles. The van der Waals surface area contributed by atoms with Crippen LogP contribution in [0.25, 0.3) is 0 Å². The van der Waals surface area contributed by atoms with E-state index in [9.17, 15) is 4.79 Å². The van der Waals surface area contributed by atoms with Gasteiger partial charge < -0.3 is 19.7 Å². The summed E-state index contributed by atoms with van der Waals surface area (Å²) in [6.07, 6.45) is 2.87. The summed E-state index contributed by atoms with van der Waals surface area (Å²) < 4.78 is 10.5.